The van der Waals surface area contributed by atoms with E-state index in [4.69, 9.17) is 24.7 Å². The summed E-state index contributed by atoms with van der Waals surface area (Å²) in [5.41, 5.74) is 7.51. The topological polar surface area (TPSA) is 119 Å². The normalized spacial score (nSPS) is 15.2. The van der Waals surface area contributed by atoms with E-state index in [1.165, 1.54) is 4.57 Å². The van der Waals surface area contributed by atoms with Crippen LogP contribution in [0.4, 0.5) is 0 Å². The van der Waals surface area contributed by atoms with Crippen molar-refractivity contribution in [2.24, 2.45) is 5.73 Å². The number of aromatic nitrogens is 1. The summed E-state index contributed by atoms with van der Waals surface area (Å²) >= 11 is 1.10. The molecule has 10 heteroatoms. The summed E-state index contributed by atoms with van der Waals surface area (Å²) in [6.45, 7) is 3.54. The van der Waals surface area contributed by atoms with Gasteiger partial charge in [0.25, 0.3) is 5.56 Å². The number of hydrogen-bond donors (Lipinski definition) is 1. The molecule has 0 saturated carbocycles. The van der Waals surface area contributed by atoms with Crippen LogP contribution in [0.2, 0.25) is 0 Å². The minimum atomic E-state index is -0.925. The number of methoxy groups -OCH3 is 2. The van der Waals surface area contributed by atoms with Gasteiger partial charge in [0, 0.05) is 0 Å². The van der Waals surface area contributed by atoms with Crippen LogP contribution in [0.5, 0.6) is 11.5 Å². The number of fused-ring (bicyclic) bond motifs is 1. The molecule has 2 heterocycles. The molecule has 3 aromatic rings. The lowest BCUT2D eigenvalue weighted by Gasteiger charge is -2.27. The second-order valence-corrected chi connectivity index (χ2v) is 9.22. The van der Waals surface area contributed by atoms with Crippen LogP contribution >= 0.6 is 11.3 Å². The highest BCUT2D eigenvalue weighted by molar-refractivity contribution is 7.07. The number of hydrogen-bond acceptors (Lipinski definition) is 9. The molecule has 0 radical (unpaired) electrons. The summed E-state index contributed by atoms with van der Waals surface area (Å²) in [6.07, 6.45) is 1.69. The van der Waals surface area contributed by atoms with Crippen molar-refractivity contribution in [3.63, 3.8) is 0 Å². The zero-order valence-corrected chi connectivity index (χ0v) is 22.3. The SMILES string of the molecule is CCOC(=O)C1=C(N)n2c(s/c(=C\c3ccc(OC)cc3)c2=O)=C(C(=O)OCC)[C@@H]1c1ccc(OC)cc1. The number of nitrogens with zero attached hydrogens (tertiary/aromatic N) is 1. The molecule has 4 rings (SSSR count). The monoisotopic (exact) mass is 536 g/mol. The summed E-state index contributed by atoms with van der Waals surface area (Å²) in [6, 6.07) is 14.1. The second kappa shape index (κ2) is 11.4. The van der Waals surface area contributed by atoms with Gasteiger partial charge in [0.15, 0.2) is 0 Å². The first-order valence-corrected chi connectivity index (χ1v) is 12.8. The van der Waals surface area contributed by atoms with E-state index >= 15 is 0 Å². The molecule has 0 bridgehead atoms. The van der Waals surface area contributed by atoms with Crippen LogP contribution in [0.3, 0.4) is 0 Å². The van der Waals surface area contributed by atoms with Gasteiger partial charge in [-0.15, -0.1) is 11.3 Å². The molecule has 0 amide bonds. The van der Waals surface area contributed by atoms with Crippen molar-refractivity contribution < 1.29 is 28.5 Å². The molecule has 1 aliphatic heterocycles. The van der Waals surface area contributed by atoms with Gasteiger partial charge in [-0.25, -0.2) is 9.59 Å². The lowest BCUT2D eigenvalue weighted by atomic mass is 9.83. The van der Waals surface area contributed by atoms with Crippen LogP contribution in [-0.4, -0.2) is 43.9 Å². The molecule has 0 aliphatic carbocycles. The average Bonchev–Trinajstić information content (AvgIpc) is 3.24. The standard InChI is InChI=1S/C28H28N2O7S/c1-5-36-27(32)22-21(17-9-13-19(35-4)14-10-17)23(28(33)37-6-2)26-30(24(22)29)25(31)20(38-26)15-16-7-11-18(34-3)12-8-16/h7-15,21H,5-6,29H2,1-4H3/b20-15-/t21-/m1/s1. The van der Waals surface area contributed by atoms with Gasteiger partial charge < -0.3 is 24.7 Å². The van der Waals surface area contributed by atoms with Crippen molar-refractivity contribution in [3.8, 4) is 11.5 Å². The molecule has 1 aliphatic rings. The Balaban J connectivity index is 2.06. The summed E-state index contributed by atoms with van der Waals surface area (Å²) in [5, 5.41) is 0. The number of esters is 2. The Morgan fingerprint density at radius 3 is 1.95 bits per heavy atom. The highest BCUT2D eigenvalue weighted by Crippen LogP contribution is 2.38. The first-order chi connectivity index (χ1) is 18.3. The smallest absolute Gasteiger partial charge is 0.338 e. The maximum atomic E-state index is 13.6. The number of ether oxygens (including phenoxy) is 4. The van der Waals surface area contributed by atoms with E-state index in [0.29, 0.717) is 26.3 Å². The van der Waals surface area contributed by atoms with Gasteiger partial charge in [-0.1, -0.05) is 24.3 Å². The molecule has 0 saturated heterocycles. The Labute approximate surface area is 223 Å². The molecule has 1 atom stereocenters. The summed E-state index contributed by atoms with van der Waals surface area (Å²) in [7, 11) is 3.11. The van der Waals surface area contributed by atoms with E-state index in [-0.39, 0.29) is 30.2 Å². The van der Waals surface area contributed by atoms with E-state index in [0.717, 1.165) is 16.9 Å². The molecule has 0 unspecified atom stereocenters. The largest absolute Gasteiger partial charge is 0.497 e. The van der Waals surface area contributed by atoms with Gasteiger partial charge in [-0.05, 0) is 55.3 Å². The molecule has 1 aromatic heterocycles. The van der Waals surface area contributed by atoms with Crippen molar-refractivity contribution in [1.29, 1.82) is 0 Å². The quantitative estimate of drug-likeness (QED) is 0.434. The Kier molecular flexibility index (Phi) is 8.02. The Morgan fingerprint density at radius 1 is 0.895 bits per heavy atom. The third-order valence-electron chi connectivity index (χ3n) is 6.00. The molecule has 0 fully saturated rings. The molecule has 2 aromatic carbocycles. The lowest BCUT2D eigenvalue weighted by Crippen LogP contribution is -2.42. The van der Waals surface area contributed by atoms with Crippen molar-refractivity contribution in [2.45, 2.75) is 19.8 Å². The Bertz CT molecular complexity index is 1570. The highest BCUT2D eigenvalue weighted by atomic mass is 32.1. The minimum Gasteiger partial charge on any atom is -0.497 e. The van der Waals surface area contributed by atoms with Gasteiger partial charge in [0.05, 0.1) is 49.0 Å². The molecular formula is C28H28N2O7S. The number of rotatable bonds is 8. The molecule has 38 heavy (non-hydrogen) atoms. The average molecular weight is 537 g/mol. The fourth-order valence-corrected chi connectivity index (χ4v) is 5.41. The van der Waals surface area contributed by atoms with Crippen molar-refractivity contribution >= 4 is 40.7 Å². The van der Waals surface area contributed by atoms with Crippen molar-refractivity contribution in [1.82, 2.24) is 4.57 Å². The van der Waals surface area contributed by atoms with E-state index in [1.54, 1.807) is 82.7 Å². The molecule has 2 N–H and O–H groups in total. The first kappa shape index (κ1) is 26.7. The summed E-state index contributed by atoms with van der Waals surface area (Å²) < 4.78 is 23.0. The zero-order valence-electron chi connectivity index (χ0n) is 21.5. The van der Waals surface area contributed by atoms with E-state index in [1.807, 2.05) is 0 Å². The van der Waals surface area contributed by atoms with Gasteiger partial charge in [0.2, 0.25) is 0 Å². The highest BCUT2D eigenvalue weighted by Gasteiger charge is 2.39. The van der Waals surface area contributed by atoms with Crippen molar-refractivity contribution in [3.05, 3.63) is 84.8 Å². The fourth-order valence-electron chi connectivity index (χ4n) is 4.24. The predicted molar refractivity (Wildman–Crippen MR) is 144 cm³/mol. The number of thiazole rings is 1. The minimum absolute atomic E-state index is 0.0107. The first-order valence-electron chi connectivity index (χ1n) is 11.9. The maximum Gasteiger partial charge on any atom is 0.338 e. The predicted octanol–water partition coefficient (Wildman–Crippen LogP) is 1.96. The summed E-state index contributed by atoms with van der Waals surface area (Å²) in [5.74, 6) is -1.13. The van der Waals surface area contributed by atoms with Crippen LogP contribution in [0.15, 0.2) is 58.9 Å². The van der Waals surface area contributed by atoms with Crippen LogP contribution < -0.4 is 30.0 Å². The van der Waals surface area contributed by atoms with Crippen LogP contribution in [0, 0.1) is 0 Å². The Hall–Kier alpha value is -4.31. The molecule has 0 spiro atoms. The van der Waals surface area contributed by atoms with Gasteiger partial charge in [0.1, 0.15) is 22.0 Å². The number of benzene rings is 2. The summed E-state index contributed by atoms with van der Waals surface area (Å²) in [4.78, 5) is 40.3. The number of carbonyl (C=O) groups is 2. The second-order valence-electron chi connectivity index (χ2n) is 8.19. The van der Waals surface area contributed by atoms with Gasteiger partial charge in [-0.3, -0.25) is 9.36 Å². The van der Waals surface area contributed by atoms with E-state index < -0.39 is 23.4 Å². The van der Waals surface area contributed by atoms with E-state index in [9.17, 15) is 14.4 Å². The van der Waals surface area contributed by atoms with Crippen LogP contribution in [0.25, 0.3) is 17.5 Å². The van der Waals surface area contributed by atoms with Gasteiger partial charge >= 0.3 is 11.9 Å². The molecular weight excluding hydrogens is 508 g/mol. The van der Waals surface area contributed by atoms with E-state index in [2.05, 4.69) is 0 Å². The third kappa shape index (κ3) is 4.95. The number of carbonyl (C=O) groups excluding carboxylic acids is 2. The zero-order chi connectivity index (χ0) is 27.4. The molecule has 198 valence electrons. The fraction of sp³-hybridized carbons (Fsp3) is 0.250. The van der Waals surface area contributed by atoms with Crippen LogP contribution in [-0.2, 0) is 19.1 Å². The van der Waals surface area contributed by atoms with Crippen LogP contribution in [0.1, 0.15) is 30.9 Å². The Morgan fingerprint density at radius 2 is 1.42 bits per heavy atom. The lowest BCUT2D eigenvalue weighted by molar-refractivity contribution is -0.138. The number of nitrogens with two attached hydrogens (primary N) is 1. The van der Waals surface area contributed by atoms with Crippen molar-refractivity contribution in [2.75, 3.05) is 27.4 Å². The molecule has 9 nitrogen and oxygen atoms in total. The van der Waals surface area contributed by atoms with Gasteiger partial charge in [-0.2, -0.15) is 0 Å². The maximum absolute atomic E-state index is 13.6. The third-order valence-corrected chi connectivity index (χ3v) is 7.11.